The van der Waals surface area contributed by atoms with Gasteiger partial charge in [-0.25, -0.2) is 0 Å². The summed E-state index contributed by atoms with van der Waals surface area (Å²) in [6.07, 6.45) is -0.0363. The van der Waals surface area contributed by atoms with E-state index in [4.69, 9.17) is 5.11 Å². The number of hydrogen-bond acceptors (Lipinski definition) is 3. The van der Waals surface area contributed by atoms with Crippen LogP contribution in [0, 0.1) is 0 Å². The lowest BCUT2D eigenvalue weighted by Crippen LogP contribution is -2.30. The van der Waals surface area contributed by atoms with Crippen molar-refractivity contribution in [3.63, 3.8) is 0 Å². The molecule has 0 unspecified atom stereocenters. The largest absolute Gasteiger partial charge is 0.480 e. The molecule has 3 nitrogen and oxygen atoms in total. The van der Waals surface area contributed by atoms with Crippen LogP contribution >= 0.6 is 12.6 Å². The third-order valence-electron chi connectivity index (χ3n) is 1.05. The molecule has 0 saturated heterocycles. The molecule has 0 aliphatic heterocycles. The zero-order chi connectivity index (χ0) is 8.36. The first-order chi connectivity index (χ1) is 4.36. The van der Waals surface area contributed by atoms with Crippen LogP contribution in [0.5, 0.6) is 0 Å². The number of Topliss-reactive ketones (excluding diaryl/α,β-unsaturated/α-hetero) is 1. The molecule has 0 rings (SSSR count). The predicted octanol–water partition coefficient (Wildman–Crippen LogP) is 0.739. The first kappa shape index (κ1) is 9.49. The van der Waals surface area contributed by atoms with Gasteiger partial charge < -0.3 is 5.11 Å². The second-order valence-electron chi connectivity index (χ2n) is 2.46. The summed E-state index contributed by atoms with van der Waals surface area (Å²) < 4.78 is -1.22. The molecule has 0 fully saturated rings. The van der Waals surface area contributed by atoms with E-state index in [2.05, 4.69) is 12.6 Å². The molecule has 0 radical (unpaired) electrons. The molecule has 0 heterocycles. The highest BCUT2D eigenvalue weighted by atomic mass is 32.1. The van der Waals surface area contributed by atoms with Crippen molar-refractivity contribution in [2.24, 2.45) is 0 Å². The van der Waals surface area contributed by atoms with Crippen LogP contribution < -0.4 is 0 Å². The Balaban J connectivity index is 4.13. The van der Waals surface area contributed by atoms with E-state index in [0.717, 1.165) is 0 Å². The summed E-state index contributed by atoms with van der Waals surface area (Å²) in [6.45, 7) is 2.75. The predicted molar refractivity (Wildman–Crippen MR) is 40.3 cm³/mol. The molecule has 0 spiro atoms. The average Bonchev–Trinajstić information content (AvgIpc) is 1.60. The zero-order valence-electron chi connectivity index (χ0n) is 5.92. The summed E-state index contributed by atoms with van der Waals surface area (Å²) in [5, 5.41) is 8.46. The smallest absolute Gasteiger partial charge is 0.319 e. The maximum Gasteiger partial charge on any atom is 0.319 e. The highest BCUT2D eigenvalue weighted by Crippen LogP contribution is 2.18. The molecule has 0 saturated carbocycles. The third kappa shape index (κ3) is 2.87. The van der Waals surface area contributed by atoms with Crippen LogP contribution in [0.15, 0.2) is 0 Å². The normalized spacial score (nSPS) is 15.9. The number of carbonyl (C=O) groups excluding carboxylic acids is 1. The molecular formula is C6H10O3S. The van der Waals surface area contributed by atoms with Crippen LogP contribution in [0.25, 0.3) is 0 Å². The number of ketones is 1. The fraction of sp³-hybridized carbons (Fsp3) is 0.667. The average molecular weight is 162 g/mol. The number of aliphatic carboxylic acids is 1. The molecule has 1 N–H and O–H groups in total. The van der Waals surface area contributed by atoms with Gasteiger partial charge in [0.25, 0.3) is 0 Å². The van der Waals surface area contributed by atoms with Gasteiger partial charge in [-0.15, -0.1) is 0 Å². The summed E-state index contributed by atoms with van der Waals surface area (Å²) >= 11 is 3.80. The molecule has 0 aliphatic rings. The monoisotopic (exact) mass is 162 g/mol. The van der Waals surface area contributed by atoms with Gasteiger partial charge in [0.2, 0.25) is 0 Å². The molecule has 10 heavy (non-hydrogen) atoms. The second-order valence-corrected chi connectivity index (χ2v) is 3.44. The van der Waals surface area contributed by atoms with Crippen molar-refractivity contribution in [3.8, 4) is 0 Å². The summed E-state index contributed by atoms with van der Waals surface area (Å²) in [7, 11) is 0. The van der Waals surface area contributed by atoms with Crippen molar-refractivity contribution in [3.05, 3.63) is 0 Å². The van der Waals surface area contributed by atoms with Gasteiger partial charge in [0.1, 0.15) is 10.5 Å². The van der Waals surface area contributed by atoms with Gasteiger partial charge in [0.15, 0.2) is 0 Å². The molecule has 0 aromatic heterocycles. The van der Waals surface area contributed by atoms with Gasteiger partial charge in [0, 0.05) is 6.42 Å². The van der Waals surface area contributed by atoms with Crippen molar-refractivity contribution in [1.29, 1.82) is 0 Å². The maximum absolute atomic E-state index is 10.5. The van der Waals surface area contributed by atoms with E-state index in [1.165, 1.54) is 13.8 Å². The van der Waals surface area contributed by atoms with Crippen LogP contribution in [-0.2, 0) is 9.59 Å². The van der Waals surface area contributed by atoms with Gasteiger partial charge in [-0.1, -0.05) is 0 Å². The van der Waals surface area contributed by atoms with E-state index in [1.54, 1.807) is 0 Å². The quantitative estimate of drug-likeness (QED) is 0.602. The van der Waals surface area contributed by atoms with Crippen molar-refractivity contribution >= 4 is 24.4 Å². The SMILES string of the molecule is CC(=O)C[C@](C)(S)C(=O)O. The first-order valence-corrected chi connectivity index (χ1v) is 3.26. The van der Waals surface area contributed by atoms with E-state index >= 15 is 0 Å². The highest BCUT2D eigenvalue weighted by molar-refractivity contribution is 7.82. The number of carboxylic acids is 1. The van der Waals surface area contributed by atoms with Crippen LogP contribution in [-0.4, -0.2) is 21.6 Å². The molecule has 0 bridgehead atoms. The number of hydrogen-bond donors (Lipinski definition) is 2. The fourth-order valence-electron chi connectivity index (χ4n) is 0.560. The third-order valence-corrected chi connectivity index (χ3v) is 1.40. The van der Waals surface area contributed by atoms with Crippen LogP contribution in [0.3, 0.4) is 0 Å². The molecular weight excluding hydrogens is 152 g/mol. The number of carboxylic acid groups (broad SMARTS) is 1. The number of thiol groups is 1. The first-order valence-electron chi connectivity index (χ1n) is 2.81. The van der Waals surface area contributed by atoms with Crippen LogP contribution in [0.1, 0.15) is 20.3 Å². The lowest BCUT2D eigenvalue weighted by atomic mass is 10.1. The summed E-state index contributed by atoms with van der Waals surface area (Å²) in [4.78, 5) is 20.8. The van der Waals surface area contributed by atoms with Gasteiger partial charge in [-0.2, -0.15) is 12.6 Å². The molecule has 58 valence electrons. The van der Waals surface area contributed by atoms with E-state index < -0.39 is 10.7 Å². The Morgan fingerprint density at radius 1 is 1.60 bits per heavy atom. The Hall–Kier alpha value is -0.510. The van der Waals surface area contributed by atoms with Gasteiger partial charge >= 0.3 is 5.97 Å². The Kier molecular flexibility index (Phi) is 2.90. The molecule has 0 amide bonds. The van der Waals surface area contributed by atoms with Crippen molar-refractivity contribution in [2.45, 2.75) is 25.0 Å². The molecule has 4 heteroatoms. The minimum atomic E-state index is -1.22. The minimum absolute atomic E-state index is 0.0363. The number of rotatable bonds is 3. The van der Waals surface area contributed by atoms with Crippen LogP contribution in [0.2, 0.25) is 0 Å². The Labute approximate surface area is 64.8 Å². The second kappa shape index (κ2) is 3.05. The lowest BCUT2D eigenvalue weighted by molar-refractivity contribution is -0.140. The van der Waals surface area contributed by atoms with E-state index in [9.17, 15) is 9.59 Å². The topological polar surface area (TPSA) is 54.4 Å². The van der Waals surface area contributed by atoms with Gasteiger partial charge in [-0.05, 0) is 13.8 Å². The van der Waals surface area contributed by atoms with Gasteiger partial charge in [-0.3, -0.25) is 9.59 Å². The fourth-order valence-corrected chi connectivity index (χ4v) is 0.783. The maximum atomic E-state index is 10.5. The molecule has 0 aromatic carbocycles. The number of carbonyl (C=O) groups is 2. The van der Waals surface area contributed by atoms with E-state index in [-0.39, 0.29) is 12.2 Å². The Morgan fingerprint density at radius 3 is 2.10 bits per heavy atom. The Morgan fingerprint density at radius 2 is 2.00 bits per heavy atom. The van der Waals surface area contributed by atoms with E-state index in [1.807, 2.05) is 0 Å². The van der Waals surface area contributed by atoms with Crippen molar-refractivity contribution in [1.82, 2.24) is 0 Å². The van der Waals surface area contributed by atoms with Crippen LogP contribution in [0.4, 0.5) is 0 Å². The summed E-state index contributed by atoms with van der Waals surface area (Å²) in [5.74, 6) is -1.23. The minimum Gasteiger partial charge on any atom is -0.480 e. The lowest BCUT2D eigenvalue weighted by Gasteiger charge is -2.14. The highest BCUT2D eigenvalue weighted by Gasteiger charge is 2.29. The van der Waals surface area contributed by atoms with Crippen molar-refractivity contribution < 1.29 is 14.7 Å². The Bertz CT molecular complexity index is 162. The van der Waals surface area contributed by atoms with Gasteiger partial charge in [0.05, 0.1) is 0 Å². The molecule has 1 atom stereocenters. The van der Waals surface area contributed by atoms with E-state index in [0.29, 0.717) is 0 Å². The molecule has 0 aromatic rings. The zero-order valence-corrected chi connectivity index (χ0v) is 6.81. The van der Waals surface area contributed by atoms with Crippen molar-refractivity contribution in [2.75, 3.05) is 0 Å². The summed E-state index contributed by atoms with van der Waals surface area (Å²) in [5.41, 5.74) is 0. The standard InChI is InChI=1S/C6H10O3S/c1-4(7)3-6(2,10)5(8)9/h10H,3H2,1-2H3,(H,8,9)/t6-/m0/s1. The molecule has 0 aliphatic carbocycles. The summed E-state index contributed by atoms with van der Waals surface area (Å²) in [6, 6.07) is 0.